The summed E-state index contributed by atoms with van der Waals surface area (Å²) < 4.78 is 0.978. The number of nitrogens with one attached hydrogen (secondary N) is 2. The van der Waals surface area contributed by atoms with E-state index >= 15 is 0 Å². The molecule has 0 saturated carbocycles. The van der Waals surface area contributed by atoms with E-state index in [0.29, 0.717) is 10.9 Å². The van der Waals surface area contributed by atoms with Crippen LogP contribution in [0.4, 0.5) is 0 Å². The summed E-state index contributed by atoms with van der Waals surface area (Å²) in [6.07, 6.45) is 0. The van der Waals surface area contributed by atoms with Gasteiger partial charge in [0, 0.05) is 3.57 Å². The maximum Gasteiger partial charge on any atom is 0.326 e. The zero-order valence-corrected chi connectivity index (χ0v) is 8.58. The van der Waals surface area contributed by atoms with Crippen LogP contribution in [0.25, 0.3) is 10.9 Å². The highest BCUT2D eigenvalue weighted by molar-refractivity contribution is 14.1. The number of fused-ring (bicyclic) bond motifs is 1. The van der Waals surface area contributed by atoms with Crippen molar-refractivity contribution in [2.75, 3.05) is 0 Å². The van der Waals surface area contributed by atoms with Gasteiger partial charge in [-0.25, -0.2) is 4.79 Å². The van der Waals surface area contributed by atoms with Crippen LogP contribution in [0.2, 0.25) is 0 Å². The highest BCUT2D eigenvalue weighted by Crippen LogP contribution is 2.09. The molecule has 0 bridgehead atoms. The zero-order valence-electron chi connectivity index (χ0n) is 6.43. The van der Waals surface area contributed by atoms with Gasteiger partial charge in [-0.3, -0.25) is 9.78 Å². The molecule has 2 N–H and O–H groups in total. The fourth-order valence-corrected chi connectivity index (χ4v) is 1.63. The van der Waals surface area contributed by atoms with Crippen molar-refractivity contribution < 1.29 is 0 Å². The van der Waals surface area contributed by atoms with Gasteiger partial charge in [0.1, 0.15) is 0 Å². The Hall–Kier alpha value is -1.11. The minimum atomic E-state index is -0.473. The molecule has 2 aromatic rings. The lowest BCUT2D eigenvalue weighted by Gasteiger charge is -1.95. The summed E-state index contributed by atoms with van der Waals surface area (Å²) in [6, 6.07) is 5.26. The third-order valence-corrected chi connectivity index (χ3v) is 2.37. The Bertz CT molecular complexity index is 570. The lowest BCUT2D eigenvalue weighted by atomic mass is 10.2. The zero-order chi connectivity index (χ0) is 9.42. The summed E-state index contributed by atoms with van der Waals surface area (Å²) in [6.45, 7) is 0. The van der Waals surface area contributed by atoms with Crippen LogP contribution in [0.15, 0.2) is 27.8 Å². The van der Waals surface area contributed by atoms with E-state index in [1.807, 2.05) is 6.07 Å². The van der Waals surface area contributed by atoms with Crippen LogP contribution in [0.5, 0.6) is 0 Å². The lowest BCUT2D eigenvalue weighted by Crippen LogP contribution is -2.21. The first-order valence-electron chi connectivity index (χ1n) is 3.59. The molecule has 0 aliphatic carbocycles. The third kappa shape index (κ3) is 1.51. The number of benzene rings is 1. The second-order valence-corrected chi connectivity index (χ2v) is 3.84. The van der Waals surface area contributed by atoms with E-state index in [0.717, 1.165) is 3.57 Å². The van der Waals surface area contributed by atoms with E-state index in [-0.39, 0.29) is 5.56 Å². The number of aromatic nitrogens is 2. The summed E-state index contributed by atoms with van der Waals surface area (Å²) in [5, 5.41) is 0.500. The van der Waals surface area contributed by atoms with Gasteiger partial charge in [0.05, 0.1) is 10.9 Å². The largest absolute Gasteiger partial charge is 0.326 e. The van der Waals surface area contributed by atoms with Crippen LogP contribution in [0, 0.1) is 3.57 Å². The molecule has 0 atom stereocenters. The van der Waals surface area contributed by atoms with Crippen molar-refractivity contribution in [3.8, 4) is 0 Å². The van der Waals surface area contributed by atoms with Crippen LogP contribution < -0.4 is 11.2 Å². The van der Waals surface area contributed by atoms with E-state index in [2.05, 4.69) is 32.6 Å². The molecular formula is C8H5IN2O2. The first kappa shape index (κ1) is 8.49. The van der Waals surface area contributed by atoms with Gasteiger partial charge in [-0.15, -0.1) is 0 Å². The molecule has 0 radical (unpaired) electrons. The Morgan fingerprint density at radius 1 is 1.15 bits per heavy atom. The number of aromatic amines is 2. The molecule has 0 spiro atoms. The van der Waals surface area contributed by atoms with Gasteiger partial charge in [0.25, 0.3) is 5.56 Å². The van der Waals surface area contributed by atoms with Gasteiger partial charge in [-0.05, 0) is 40.8 Å². The smallest absolute Gasteiger partial charge is 0.307 e. The molecule has 0 unspecified atom stereocenters. The number of H-pyrrole nitrogens is 2. The maximum atomic E-state index is 11.2. The quantitative estimate of drug-likeness (QED) is 0.705. The van der Waals surface area contributed by atoms with Crippen LogP contribution in [-0.2, 0) is 0 Å². The second kappa shape index (κ2) is 2.99. The summed E-state index contributed by atoms with van der Waals surface area (Å²) in [5.74, 6) is 0. The van der Waals surface area contributed by atoms with Crippen molar-refractivity contribution >= 4 is 33.5 Å². The van der Waals surface area contributed by atoms with Gasteiger partial charge in [-0.1, -0.05) is 0 Å². The number of hydrogen-bond acceptors (Lipinski definition) is 2. The molecule has 0 amide bonds. The number of hydrogen-bond donors (Lipinski definition) is 2. The van der Waals surface area contributed by atoms with E-state index in [4.69, 9.17) is 0 Å². The standard InChI is InChI=1S/C8H5IN2O2/c9-4-1-2-5-6(3-4)10-8(13)11-7(5)12/h1-3H,(H2,10,11,12,13). The monoisotopic (exact) mass is 288 g/mol. The predicted octanol–water partition coefficient (Wildman–Crippen LogP) is 0.821. The molecule has 0 fully saturated rings. The highest BCUT2D eigenvalue weighted by atomic mass is 127. The average Bonchev–Trinajstić information content (AvgIpc) is 2.02. The third-order valence-electron chi connectivity index (χ3n) is 1.70. The van der Waals surface area contributed by atoms with E-state index in [1.165, 1.54) is 0 Å². The van der Waals surface area contributed by atoms with Crippen LogP contribution in [-0.4, -0.2) is 9.97 Å². The molecule has 1 heterocycles. The number of halogens is 1. The molecule has 2 rings (SSSR count). The van der Waals surface area contributed by atoms with Gasteiger partial charge in [-0.2, -0.15) is 0 Å². The van der Waals surface area contributed by atoms with Gasteiger partial charge < -0.3 is 4.98 Å². The summed E-state index contributed by atoms with van der Waals surface area (Å²) in [7, 11) is 0. The van der Waals surface area contributed by atoms with Crippen LogP contribution >= 0.6 is 22.6 Å². The van der Waals surface area contributed by atoms with Crippen molar-refractivity contribution in [1.82, 2.24) is 9.97 Å². The van der Waals surface area contributed by atoms with Crippen molar-refractivity contribution in [2.24, 2.45) is 0 Å². The molecule has 5 heteroatoms. The molecular weight excluding hydrogens is 283 g/mol. The molecule has 4 nitrogen and oxygen atoms in total. The SMILES string of the molecule is O=c1[nH]c(=O)c2ccc(I)cc2[nH]1. The summed E-state index contributed by atoms with van der Waals surface area (Å²) >= 11 is 2.12. The predicted molar refractivity (Wildman–Crippen MR) is 57.9 cm³/mol. The molecule has 0 aliphatic heterocycles. The lowest BCUT2D eigenvalue weighted by molar-refractivity contribution is 1.08. The Morgan fingerprint density at radius 3 is 2.69 bits per heavy atom. The Labute approximate surface area is 86.1 Å². The van der Waals surface area contributed by atoms with Crippen molar-refractivity contribution in [1.29, 1.82) is 0 Å². The normalized spacial score (nSPS) is 10.5. The number of rotatable bonds is 0. The van der Waals surface area contributed by atoms with Gasteiger partial charge in [0.15, 0.2) is 0 Å². The molecule has 1 aromatic heterocycles. The second-order valence-electron chi connectivity index (χ2n) is 2.60. The van der Waals surface area contributed by atoms with Crippen molar-refractivity contribution in [3.63, 3.8) is 0 Å². The highest BCUT2D eigenvalue weighted by Gasteiger charge is 1.99. The van der Waals surface area contributed by atoms with Crippen molar-refractivity contribution in [3.05, 3.63) is 42.6 Å². The summed E-state index contributed by atoms with van der Waals surface area (Å²) in [5.41, 5.74) is -0.254. The first-order chi connectivity index (χ1) is 6.16. The van der Waals surface area contributed by atoms with Crippen LogP contribution in [0.3, 0.4) is 0 Å². The minimum absolute atomic E-state index is 0.352. The molecule has 1 aromatic carbocycles. The minimum Gasteiger partial charge on any atom is -0.307 e. The van der Waals surface area contributed by atoms with Gasteiger partial charge in [0.2, 0.25) is 0 Å². The van der Waals surface area contributed by atoms with E-state index in [9.17, 15) is 9.59 Å². The Kier molecular flexibility index (Phi) is 1.95. The molecule has 66 valence electrons. The maximum absolute atomic E-state index is 11.2. The van der Waals surface area contributed by atoms with E-state index in [1.54, 1.807) is 12.1 Å². The van der Waals surface area contributed by atoms with Gasteiger partial charge >= 0.3 is 5.69 Å². The average molecular weight is 288 g/mol. The Balaban J connectivity index is 3.03. The Morgan fingerprint density at radius 2 is 1.92 bits per heavy atom. The fourth-order valence-electron chi connectivity index (χ4n) is 1.14. The summed E-state index contributed by atoms with van der Waals surface area (Å²) in [4.78, 5) is 26.9. The van der Waals surface area contributed by atoms with E-state index < -0.39 is 5.69 Å². The van der Waals surface area contributed by atoms with Crippen LogP contribution in [0.1, 0.15) is 0 Å². The molecule has 0 saturated heterocycles. The fraction of sp³-hybridized carbons (Fsp3) is 0. The topological polar surface area (TPSA) is 65.7 Å². The first-order valence-corrected chi connectivity index (χ1v) is 4.66. The van der Waals surface area contributed by atoms with Crippen molar-refractivity contribution in [2.45, 2.75) is 0 Å². The molecule has 0 aliphatic rings. The molecule has 13 heavy (non-hydrogen) atoms.